The quantitative estimate of drug-likeness (QED) is 0.554. The van der Waals surface area contributed by atoms with Crippen LogP contribution in [0.15, 0.2) is 0 Å². The van der Waals surface area contributed by atoms with Crippen LogP contribution in [-0.4, -0.2) is 13.8 Å². The van der Waals surface area contributed by atoms with Gasteiger partial charge >= 0.3 is 0 Å². The maximum atomic E-state index is 8.96. The fourth-order valence-electron chi connectivity index (χ4n) is 0.465. The number of hydrogen-bond acceptors (Lipinski definition) is 1. The van der Waals surface area contributed by atoms with E-state index in [0.29, 0.717) is 0 Å². The minimum absolute atomic E-state index is 0.880. The van der Waals surface area contributed by atoms with Crippen molar-refractivity contribution in [3.63, 3.8) is 0 Å². The molecule has 0 amide bonds. The molecular weight excluding hydrogens is 104 g/mol. The largest absolute Gasteiger partial charge is 0.431 e. The Morgan fingerprint density at radius 1 is 1.43 bits per heavy atom. The molecule has 0 aromatic rings. The first-order valence-corrected chi connectivity index (χ1v) is 4.71. The first-order chi connectivity index (χ1) is 3.31. The SMILES string of the molecule is CCC[Si](O)CC. The van der Waals surface area contributed by atoms with Crippen LogP contribution < -0.4 is 0 Å². The van der Waals surface area contributed by atoms with Crippen molar-refractivity contribution in [1.82, 2.24) is 0 Å². The summed E-state index contributed by atoms with van der Waals surface area (Å²) in [6, 6.07) is 2.06. The van der Waals surface area contributed by atoms with E-state index in [1.165, 1.54) is 0 Å². The average molecular weight is 117 g/mol. The lowest BCUT2D eigenvalue weighted by Gasteiger charge is -1.97. The van der Waals surface area contributed by atoms with Gasteiger partial charge in [-0.2, -0.15) is 0 Å². The van der Waals surface area contributed by atoms with Gasteiger partial charge in [-0.1, -0.05) is 20.3 Å². The van der Waals surface area contributed by atoms with E-state index in [9.17, 15) is 0 Å². The van der Waals surface area contributed by atoms with Crippen LogP contribution in [0.1, 0.15) is 20.3 Å². The molecule has 0 atom stereocenters. The molecule has 1 N–H and O–H groups in total. The highest BCUT2D eigenvalue weighted by molar-refractivity contribution is 6.50. The van der Waals surface area contributed by atoms with E-state index in [4.69, 9.17) is 4.80 Å². The van der Waals surface area contributed by atoms with Crippen LogP contribution in [0, 0.1) is 0 Å². The molecule has 0 heterocycles. The summed E-state index contributed by atoms with van der Waals surface area (Å²) >= 11 is 0. The molecule has 1 nitrogen and oxygen atoms in total. The highest BCUT2D eigenvalue weighted by Crippen LogP contribution is 1.96. The van der Waals surface area contributed by atoms with Gasteiger partial charge in [0, 0.05) is 0 Å². The molecule has 43 valence electrons. The molecule has 0 aromatic heterocycles. The molecule has 7 heavy (non-hydrogen) atoms. The fourth-order valence-corrected chi connectivity index (χ4v) is 1.40. The van der Waals surface area contributed by atoms with Gasteiger partial charge in [0.1, 0.15) is 0 Å². The van der Waals surface area contributed by atoms with Gasteiger partial charge in [-0.25, -0.2) is 0 Å². The molecule has 0 aliphatic carbocycles. The lowest BCUT2D eigenvalue weighted by atomic mass is 10.6. The van der Waals surface area contributed by atoms with Gasteiger partial charge in [-0.15, -0.1) is 0 Å². The van der Waals surface area contributed by atoms with Crippen molar-refractivity contribution in [2.75, 3.05) is 0 Å². The molecule has 0 aliphatic rings. The fraction of sp³-hybridized carbons (Fsp3) is 1.00. The van der Waals surface area contributed by atoms with Crippen LogP contribution in [0.2, 0.25) is 12.1 Å². The Kier molecular flexibility index (Phi) is 4.45. The Balaban J connectivity index is 2.83. The monoisotopic (exact) mass is 117 g/mol. The van der Waals surface area contributed by atoms with Gasteiger partial charge in [0.2, 0.25) is 9.04 Å². The van der Waals surface area contributed by atoms with E-state index in [2.05, 4.69) is 6.92 Å². The van der Waals surface area contributed by atoms with Crippen molar-refractivity contribution in [1.29, 1.82) is 0 Å². The summed E-state index contributed by atoms with van der Waals surface area (Å²) in [6.07, 6.45) is 1.14. The number of hydrogen-bond donors (Lipinski definition) is 1. The van der Waals surface area contributed by atoms with Gasteiger partial charge in [0.25, 0.3) is 0 Å². The van der Waals surface area contributed by atoms with Crippen molar-refractivity contribution in [2.24, 2.45) is 0 Å². The van der Waals surface area contributed by atoms with Crippen LogP contribution in [-0.2, 0) is 0 Å². The van der Waals surface area contributed by atoms with Crippen molar-refractivity contribution < 1.29 is 4.80 Å². The Hall–Kier alpha value is 0.177. The lowest BCUT2D eigenvalue weighted by Crippen LogP contribution is -2.07. The molecule has 0 saturated heterocycles. The van der Waals surface area contributed by atoms with E-state index in [1.54, 1.807) is 0 Å². The van der Waals surface area contributed by atoms with Gasteiger partial charge in [-0.05, 0) is 12.1 Å². The zero-order valence-electron chi connectivity index (χ0n) is 5.07. The van der Waals surface area contributed by atoms with Crippen LogP contribution in [0.5, 0.6) is 0 Å². The second kappa shape index (κ2) is 4.34. The van der Waals surface area contributed by atoms with E-state index in [-0.39, 0.29) is 0 Å². The summed E-state index contributed by atoms with van der Waals surface area (Å²) in [5.41, 5.74) is 0. The summed E-state index contributed by atoms with van der Waals surface area (Å²) in [4.78, 5) is 8.96. The summed E-state index contributed by atoms with van der Waals surface area (Å²) < 4.78 is 0. The van der Waals surface area contributed by atoms with Crippen LogP contribution in [0.25, 0.3) is 0 Å². The van der Waals surface area contributed by atoms with E-state index in [0.717, 1.165) is 18.5 Å². The Morgan fingerprint density at radius 2 is 2.00 bits per heavy atom. The molecule has 2 heteroatoms. The molecule has 0 rings (SSSR count). The lowest BCUT2D eigenvalue weighted by molar-refractivity contribution is 0.566. The Labute approximate surface area is 47.1 Å². The summed E-state index contributed by atoms with van der Waals surface area (Å²) in [5, 5.41) is 0. The molecule has 0 saturated carbocycles. The van der Waals surface area contributed by atoms with Crippen molar-refractivity contribution in [3.05, 3.63) is 0 Å². The van der Waals surface area contributed by atoms with E-state index >= 15 is 0 Å². The third kappa shape index (κ3) is 4.02. The minimum atomic E-state index is -0.880. The predicted molar refractivity (Wildman–Crippen MR) is 33.6 cm³/mol. The summed E-state index contributed by atoms with van der Waals surface area (Å²) in [6.45, 7) is 4.15. The molecular formula is C5H13OSi. The smallest absolute Gasteiger partial charge is 0.206 e. The van der Waals surface area contributed by atoms with Crippen molar-refractivity contribution >= 4 is 9.04 Å². The average Bonchev–Trinajstić information content (AvgIpc) is 1.68. The first-order valence-electron chi connectivity index (χ1n) is 2.84. The molecule has 0 aromatic carbocycles. The topological polar surface area (TPSA) is 20.2 Å². The maximum Gasteiger partial charge on any atom is 0.206 e. The molecule has 0 spiro atoms. The molecule has 0 aliphatic heterocycles. The maximum absolute atomic E-state index is 8.96. The first kappa shape index (κ1) is 7.18. The highest BCUT2D eigenvalue weighted by atomic mass is 28.3. The number of rotatable bonds is 3. The highest BCUT2D eigenvalue weighted by Gasteiger charge is 1.99. The molecule has 1 radical (unpaired) electrons. The predicted octanol–water partition coefficient (Wildman–Crippen LogP) is 1.40. The van der Waals surface area contributed by atoms with Crippen molar-refractivity contribution in [3.8, 4) is 0 Å². The molecule has 0 unspecified atom stereocenters. The third-order valence-electron chi connectivity index (χ3n) is 0.947. The Bertz CT molecular complexity index is 39.1. The summed E-state index contributed by atoms with van der Waals surface area (Å²) in [7, 11) is -0.880. The second-order valence-electron chi connectivity index (χ2n) is 1.67. The van der Waals surface area contributed by atoms with Gasteiger partial charge < -0.3 is 4.80 Å². The van der Waals surface area contributed by atoms with E-state index in [1.807, 2.05) is 6.92 Å². The normalized spacial score (nSPS) is 10.3. The zero-order chi connectivity index (χ0) is 5.70. The second-order valence-corrected chi connectivity index (χ2v) is 4.01. The molecule has 0 bridgehead atoms. The summed E-state index contributed by atoms with van der Waals surface area (Å²) in [5.74, 6) is 0. The van der Waals surface area contributed by atoms with Crippen molar-refractivity contribution in [2.45, 2.75) is 32.4 Å². The standard InChI is InChI=1S/C5H13OSi/c1-3-5-7(6)4-2/h6H,3-5H2,1-2H3. The third-order valence-corrected chi connectivity index (χ3v) is 2.84. The van der Waals surface area contributed by atoms with Crippen LogP contribution in [0.4, 0.5) is 0 Å². The van der Waals surface area contributed by atoms with Gasteiger partial charge in [-0.3, -0.25) is 0 Å². The van der Waals surface area contributed by atoms with Gasteiger partial charge in [0.15, 0.2) is 0 Å². The molecule has 0 fully saturated rings. The minimum Gasteiger partial charge on any atom is -0.431 e. The van der Waals surface area contributed by atoms with Crippen LogP contribution >= 0.6 is 0 Å². The van der Waals surface area contributed by atoms with Crippen LogP contribution in [0.3, 0.4) is 0 Å². The van der Waals surface area contributed by atoms with Gasteiger partial charge in [0.05, 0.1) is 0 Å². The zero-order valence-corrected chi connectivity index (χ0v) is 6.07. The van der Waals surface area contributed by atoms with E-state index < -0.39 is 9.04 Å². The Morgan fingerprint density at radius 3 is 2.14 bits per heavy atom.